The molecule has 0 fully saturated rings. The van der Waals surface area contributed by atoms with Gasteiger partial charge in [-0.1, -0.05) is 23.7 Å². The van der Waals surface area contributed by atoms with Crippen LogP contribution in [-0.4, -0.2) is 9.97 Å². The van der Waals surface area contributed by atoms with Gasteiger partial charge < -0.3 is 5.43 Å². The van der Waals surface area contributed by atoms with Gasteiger partial charge in [0, 0.05) is 16.3 Å². The second-order valence-electron chi connectivity index (χ2n) is 3.71. The van der Waals surface area contributed by atoms with Crippen molar-refractivity contribution in [1.82, 2.24) is 9.97 Å². The minimum Gasteiger partial charge on any atom is -0.308 e. The molecule has 0 bridgehead atoms. The number of hydrogen-bond acceptors (Lipinski definition) is 5. The van der Waals surface area contributed by atoms with Gasteiger partial charge in [-0.2, -0.15) is 0 Å². The van der Waals surface area contributed by atoms with Gasteiger partial charge >= 0.3 is 0 Å². The topological polar surface area (TPSA) is 63.8 Å². The number of hydrazine groups is 1. The Hall–Kier alpha value is -1.30. The molecule has 0 aliphatic heterocycles. The van der Waals surface area contributed by atoms with Gasteiger partial charge in [0.2, 0.25) is 0 Å². The van der Waals surface area contributed by atoms with Crippen molar-refractivity contribution in [3.8, 4) is 0 Å². The summed E-state index contributed by atoms with van der Waals surface area (Å²) in [6.07, 6.45) is 1.51. The number of hydrogen-bond donors (Lipinski definition) is 2. The van der Waals surface area contributed by atoms with Crippen LogP contribution in [-0.2, 0) is 5.75 Å². The van der Waals surface area contributed by atoms with E-state index in [1.54, 1.807) is 11.8 Å². The summed E-state index contributed by atoms with van der Waals surface area (Å²) in [7, 11) is 0. The number of anilines is 1. The second kappa shape index (κ2) is 6.04. The number of rotatable bonds is 4. The lowest BCUT2D eigenvalue weighted by Crippen LogP contribution is -2.10. The van der Waals surface area contributed by atoms with E-state index in [1.807, 2.05) is 31.2 Å². The molecule has 0 aliphatic carbocycles. The number of benzene rings is 1. The molecule has 0 unspecified atom stereocenters. The van der Waals surface area contributed by atoms with Gasteiger partial charge in [-0.3, -0.25) is 0 Å². The standard InChI is InChI=1S/C12H13ClN4S/c1-8-11(17-14)15-7-16-12(8)18-6-9-2-4-10(13)5-3-9/h2-5,7H,6,14H2,1H3,(H,15,16,17). The van der Waals surface area contributed by atoms with Crippen molar-refractivity contribution >= 4 is 29.2 Å². The molecule has 4 nitrogen and oxygen atoms in total. The van der Waals surface area contributed by atoms with Gasteiger partial charge in [0.25, 0.3) is 0 Å². The van der Waals surface area contributed by atoms with Crippen molar-refractivity contribution in [3.63, 3.8) is 0 Å². The molecular weight excluding hydrogens is 268 g/mol. The van der Waals surface area contributed by atoms with Crippen molar-refractivity contribution in [2.24, 2.45) is 5.84 Å². The maximum absolute atomic E-state index is 5.84. The Morgan fingerprint density at radius 3 is 2.67 bits per heavy atom. The summed E-state index contributed by atoms with van der Waals surface area (Å²) in [6, 6.07) is 7.79. The van der Waals surface area contributed by atoms with Crippen LogP contribution < -0.4 is 11.3 Å². The smallest absolute Gasteiger partial charge is 0.147 e. The Morgan fingerprint density at radius 2 is 2.00 bits per heavy atom. The number of thioether (sulfide) groups is 1. The maximum Gasteiger partial charge on any atom is 0.147 e. The number of nitrogens with two attached hydrogens (primary N) is 1. The van der Waals surface area contributed by atoms with Gasteiger partial charge in [-0.15, -0.1) is 11.8 Å². The van der Waals surface area contributed by atoms with Gasteiger partial charge in [0.05, 0.1) is 0 Å². The summed E-state index contributed by atoms with van der Waals surface area (Å²) in [4.78, 5) is 8.30. The molecule has 2 aromatic rings. The number of nitrogens with one attached hydrogen (secondary N) is 1. The Bertz CT molecular complexity index is 530. The van der Waals surface area contributed by atoms with E-state index in [1.165, 1.54) is 11.9 Å². The van der Waals surface area contributed by atoms with E-state index in [0.29, 0.717) is 5.82 Å². The molecule has 0 spiro atoms. The van der Waals surface area contributed by atoms with E-state index in [2.05, 4.69) is 15.4 Å². The lowest BCUT2D eigenvalue weighted by Gasteiger charge is -2.08. The number of nitrogens with zero attached hydrogens (tertiary/aromatic N) is 2. The van der Waals surface area contributed by atoms with Crippen LogP contribution in [0.2, 0.25) is 5.02 Å². The third-order valence-corrected chi connectivity index (χ3v) is 3.88. The van der Waals surface area contributed by atoms with E-state index >= 15 is 0 Å². The number of nitrogen functional groups attached to an aromatic ring is 1. The summed E-state index contributed by atoms with van der Waals surface area (Å²) in [6.45, 7) is 1.94. The highest BCUT2D eigenvalue weighted by Gasteiger charge is 2.06. The fraction of sp³-hybridized carbons (Fsp3) is 0.167. The Kier molecular flexibility index (Phi) is 4.41. The lowest BCUT2D eigenvalue weighted by molar-refractivity contribution is 0.996. The Morgan fingerprint density at radius 1 is 1.28 bits per heavy atom. The summed E-state index contributed by atoms with van der Waals surface area (Å²) >= 11 is 7.49. The Labute approximate surface area is 115 Å². The first-order valence-electron chi connectivity index (χ1n) is 5.36. The third kappa shape index (κ3) is 3.13. The van der Waals surface area contributed by atoms with Crippen molar-refractivity contribution in [3.05, 3.63) is 46.7 Å². The van der Waals surface area contributed by atoms with Crippen LogP contribution in [0.5, 0.6) is 0 Å². The molecule has 0 aliphatic rings. The molecule has 3 N–H and O–H groups in total. The molecule has 0 saturated carbocycles. The fourth-order valence-corrected chi connectivity index (χ4v) is 2.51. The first kappa shape index (κ1) is 13.1. The molecular formula is C12H13ClN4S. The van der Waals surface area contributed by atoms with Crippen LogP contribution in [0.25, 0.3) is 0 Å². The van der Waals surface area contributed by atoms with Crippen LogP contribution in [0.1, 0.15) is 11.1 Å². The number of aromatic nitrogens is 2. The van der Waals surface area contributed by atoms with Crippen molar-refractivity contribution in [1.29, 1.82) is 0 Å². The SMILES string of the molecule is Cc1c(NN)ncnc1SCc1ccc(Cl)cc1. The quantitative estimate of drug-likeness (QED) is 0.390. The van der Waals surface area contributed by atoms with Crippen molar-refractivity contribution in [2.75, 3.05) is 5.43 Å². The lowest BCUT2D eigenvalue weighted by atomic mass is 10.2. The largest absolute Gasteiger partial charge is 0.308 e. The van der Waals surface area contributed by atoms with Crippen molar-refractivity contribution in [2.45, 2.75) is 17.7 Å². The molecule has 94 valence electrons. The minimum atomic E-state index is 0.656. The van der Waals surface area contributed by atoms with E-state index in [-0.39, 0.29) is 0 Å². The molecule has 1 aromatic heterocycles. The highest BCUT2D eigenvalue weighted by molar-refractivity contribution is 7.98. The highest BCUT2D eigenvalue weighted by atomic mass is 35.5. The van der Waals surface area contributed by atoms with Gasteiger partial charge in [-0.25, -0.2) is 15.8 Å². The minimum absolute atomic E-state index is 0.656. The van der Waals surface area contributed by atoms with Gasteiger partial charge in [0.1, 0.15) is 17.2 Å². The van der Waals surface area contributed by atoms with Gasteiger partial charge in [0.15, 0.2) is 0 Å². The van der Waals surface area contributed by atoms with E-state index in [9.17, 15) is 0 Å². The zero-order valence-corrected chi connectivity index (χ0v) is 11.4. The Balaban J connectivity index is 2.08. The summed E-state index contributed by atoms with van der Waals surface area (Å²) in [5.74, 6) is 6.87. The summed E-state index contributed by atoms with van der Waals surface area (Å²) < 4.78 is 0. The molecule has 6 heteroatoms. The van der Waals surface area contributed by atoms with E-state index in [4.69, 9.17) is 17.4 Å². The molecule has 0 amide bonds. The predicted molar refractivity (Wildman–Crippen MR) is 75.6 cm³/mol. The zero-order chi connectivity index (χ0) is 13.0. The molecule has 18 heavy (non-hydrogen) atoms. The van der Waals surface area contributed by atoms with E-state index < -0.39 is 0 Å². The number of halogens is 1. The fourth-order valence-electron chi connectivity index (χ4n) is 1.46. The van der Waals surface area contributed by atoms with Gasteiger partial charge in [-0.05, 0) is 24.6 Å². The third-order valence-electron chi connectivity index (χ3n) is 2.46. The molecule has 2 rings (SSSR count). The van der Waals surface area contributed by atoms with E-state index in [0.717, 1.165) is 21.4 Å². The normalized spacial score (nSPS) is 10.4. The summed E-state index contributed by atoms with van der Waals surface area (Å²) in [5, 5.41) is 1.67. The average Bonchev–Trinajstić information content (AvgIpc) is 2.39. The van der Waals surface area contributed by atoms with Crippen LogP contribution in [0.15, 0.2) is 35.6 Å². The predicted octanol–water partition coefficient (Wildman–Crippen LogP) is 3.02. The average molecular weight is 281 g/mol. The molecule has 1 aromatic carbocycles. The molecule has 1 heterocycles. The molecule has 0 saturated heterocycles. The van der Waals surface area contributed by atoms with Crippen molar-refractivity contribution < 1.29 is 0 Å². The highest BCUT2D eigenvalue weighted by Crippen LogP contribution is 2.26. The monoisotopic (exact) mass is 280 g/mol. The summed E-state index contributed by atoms with van der Waals surface area (Å²) in [5.41, 5.74) is 4.72. The first-order valence-corrected chi connectivity index (χ1v) is 6.72. The van der Waals surface area contributed by atoms with Crippen LogP contribution in [0.3, 0.4) is 0 Å². The molecule has 0 radical (unpaired) electrons. The van der Waals surface area contributed by atoms with Crippen LogP contribution >= 0.6 is 23.4 Å². The zero-order valence-electron chi connectivity index (χ0n) is 9.85. The van der Waals surface area contributed by atoms with Crippen LogP contribution in [0, 0.1) is 6.92 Å². The first-order chi connectivity index (χ1) is 8.70. The van der Waals surface area contributed by atoms with Crippen LogP contribution in [0.4, 0.5) is 5.82 Å². The maximum atomic E-state index is 5.84. The molecule has 0 atom stereocenters. The second-order valence-corrected chi connectivity index (χ2v) is 5.11.